The van der Waals surface area contributed by atoms with Crippen molar-refractivity contribution in [2.75, 3.05) is 0 Å². The van der Waals surface area contributed by atoms with E-state index in [4.69, 9.17) is 16.7 Å². The third-order valence-electron chi connectivity index (χ3n) is 1.77. The number of thiazole rings is 1. The van der Waals surface area contributed by atoms with Crippen molar-refractivity contribution in [1.82, 2.24) is 4.98 Å². The van der Waals surface area contributed by atoms with Crippen LogP contribution in [0.2, 0.25) is 4.47 Å². The lowest BCUT2D eigenvalue weighted by Crippen LogP contribution is -2.09. The number of nitrogens with zero attached hydrogens (tertiary/aromatic N) is 1. The van der Waals surface area contributed by atoms with Crippen LogP contribution in [0, 0.1) is 5.92 Å². The van der Waals surface area contributed by atoms with E-state index in [1.54, 1.807) is 13.1 Å². The Bertz CT molecular complexity index is 300. The summed E-state index contributed by atoms with van der Waals surface area (Å²) in [5, 5.41) is 8.63. The van der Waals surface area contributed by atoms with Gasteiger partial charge in [0.2, 0.25) is 0 Å². The van der Waals surface area contributed by atoms with E-state index in [0.29, 0.717) is 10.9 Å². The molecule has 0 fully saturated rings. The Morgan fingerprint density at radius 1 is 1.85 bits per heavy atom. The smallest absolute Gasteiger partial charge is 0.306 e. The van der Waals surface area contributed by atoms with E-state index in [2.05, 4.69) is 4.98 Å². The van der Waals surface area contributed by atoms with Gasteiger partial charge in [0.25, 0.3) is 0 Å². The van der Waals surface area contributed by atoms with Gasteiger partial charge in [0.05, 0.1) is 5.92 Å². The molecule has 5 heteroatoms. The minimum absolute atomic E-state index is 0.305. The lowest BCUT2D eigenvalue weighted by atomic mass is 10.1. The van der Waals surface area contributed by atoms with Gasteiger partial charge in [-0.05, 0) is 12.8 Å². The molecule has 0 aliphatic heterocycles. The number of carbonyl (C=O) groups is 1. The standard InChI is InChI=1S/C8H10ClNO2S/c1-5(7(11)12)2-3-6-4-10-8(9)13-6/h4-5H,2-3H2,1H3,(H,11,12). The predicted octanol–water partition coefficient (Wildman–Crippen LogP) is 2.45. The lowest BCUT2D eigenvalue weighted by Gasteiger charge is -2.02. The lowest BCUT2D eigenvalue weighted by molar-refractivity contribution is -0.141. The van der Waals surface area contributed by atoms with Crippen LogP contribution in [0.15, 0.2) is 6.20 Å². The molecule has 72 valence electrons. The van der Waals surface area contributed by atoms with Crippen molar-refractivity contribution in [2.24, 2.45) is 5.92 Å². The zero-order valence-electron chi connectivity index (χ0n) is 7.16. The monoisotopic (exact) mass is 219 g/mol. The van der Waals surface area contributed by atoms with Crippen molar-refractivity contribution in [2.45, 2.75) is 19.8 Å². The molecule has 1 unspecified atom stereocenters. The number of carboxylic acid groups (broad SMARTS) is 1. The molecule has 0 spiro atoms. The fraction of sp³-hybridized carbons (Fsp3) is 0.500. The molecular weight excluding hydrogens is 210 g/mol. The Balaban J connectivity index is 2.39. The van der Waals surface area contributed by atoms with Gasteiger partial charge in [0.15, 0.2) is 4.47 Å². The van der Waals surface area contributed by atoms with E-state index >= 15 is 0 Å². The summed E-state index contributed by atoms with van der Waals surface area (Å²) in [6, 6.07) is 0. The molecule has 1 atom stereocenters. The van der Waals surface area contributed by atoms with Gasteiger partial charge >= 0.3 is 5.97 Å². The summed E-state index contributed by atoms with van der Waals surface area (Å²) in [5.41, 5.74) is 0. The molecule has 1 N–H and O–H groups in total. The Labute approximate surface area is 85.4 Å². The van der Waals surface area contributed by atoms with Gasteiger partial charge in [-0.15, -0.1) is 11.3 Å². The number of aromatic nitrogens is 1. The van der Waals surface area contributed by atoms with Crippen LogP contribution in [-0.2, 0) is 11.2 Å². The van der Waals surface area contributed by atoms with Gasteiger partial charge < -0.3 is 5.11 Å². The summed E-state index contributed by atoms with van der Waals surface area (Å²) in [6.45, 7) is 1.70. The average Bonchev–Trinajstić information content (AvgIpc) is 2.47. The first-order chi connectivity index (χ1) is 6.09. The molecule has 0 aliphatic rings. The van der Waals surface area contributed by atoms with E-state index in [-0.39, 0.29) is 5.92 Å². The first kappa shape index (κ1) is 10.5. The molecule has 13 heavy (non-hydrogen) atoms. The van der Waals surface area contributed by atoms with Crippen molar-refractivity contribution < 1.29 is 9.90 Å². The summed E-state index contributed by atoms with van der Waals surface area (Å²) >= 11 is 7.03. The van der Waals surface area contributed by atoms with Gasteiger partial charge in [-0.2, -0.15) is 0 Å². The molecule has 0 aliphatic carbocycles. The van der Waals surface area contributed by atoms with Crippen LogP contribution in [0.25, 0.3) is 0 Å². The maximum atomic E-state index is 10.5. The van der Waals surface area contributed by atoms with Crippen LogP contribution in [0.5, 0.6) is 0 Å². The molecule has 0 aromatic carbocycles. The van der Waals surface area contributed by atoms with Crippen molar-refractivity contribution >= 4 is 28.9 Å². The highest BCUT2D eigenvalue weighted by Gasteiger charge is 2.11. The molecule has 1 heterocycles. The van der Waals surface area contributed by atoms with E-state index in [1.165, 1.54) is 11.3 Å². The number of carboxylic acids is 1. The molecular formula is C8H10ClNO2S. The molecule has 0 radical (unpaired) electrons. The van der Waals surface area contributed by atoms with Crippen molar-refractivity contribution in [3.8, 4) is 0 Å². The Morgan fingerprint density at radius 3 is 3.00 bits per heavy atom. The molecule has 0 amide bonds. The first-order valence-corrected chi connectivity index (χ1v) is 5.12. The zero-order valence-corrected chi connectivity index (χ0v) is 8.73. The highest BCUT2D eigenvalue weighted by atomic mass is 35.5. The summed E-state index contributed by atoms with van der Waals surface area (Å²) < 4.78 is 0.512. The maximum Gasteiger partial charge on any atom is 0.306 e. The van der Waals surface area contributed by atoms with Crippen molar-refractivity contribution in [3.63, 3.8) is 0 Å². The van der Waals surface area contributed by atoms with Crippen LogP contribution in [0.1, 0.15) is 18.2 Å². The van der Waals surface area contributed by atoms with Crippen LogP contribution in [-0.4, -0.2) is 16.1 Å². The first-order valence-electron chi connectivity index (χ1n) is 3.92. The second-order valence-electron chi connectivity index (χ2n) is 2.86. The molecule has 1 aromatic heterocycles. The number of rotatable bonds is 4. The number of hydrogen-bond donors (Lipinski definition) is 1. The van der Waals surface area contributed by atoms with Gasteiger partial charge in [-0.1, -0.05) is 18.5 Å². The molecule has 0 saturated heterocycles. The fourth-order valence-corrected chi connectivity index (χ4v) is 1.87. The zero-order chi connectivity index (χ0) is 9.84. The Hall–Kier alpha value is -0.610. The highest BCUT2D eigenvalue weighted by molar-refractivity contribution is 7.15. The van der Waals surface area contributed by atoms with Crippen molar-refractivity contribution in [3.05, 3.63) is 15.5 Å². The Kier molecular flexibility index (Phi) is 3.69. The minimum Gasteiger partial charge on any atom is -0.481 e. The predicted molar refractivity (Wildman–Crippen MR) is 52.2 cm³/mol. The van der Waals surface area contributed by atoms with Crippen LogP contribution >= 0.6 is 22.9 Å². The molecule has 0 saturated carbocycles. The number of aryl methyl sites for hydroxylation is 1. The Morgan fingerprint density at radius 2 is 2.54 bits per heavy atom. The quantitative estimate of drug-likeness (QED) is 0.846. The topological polar surface area (TPSA) is 50.2 Å². The summed E-state index contributed by atoms with van der Waals surface area (Å²) in [7, 11) is 0. The SMILES string of the molecule is CC(CCc1cnc(Cl)s1)C(=O)O. The second kappa shape index (κ2) is 4.58. The number of aliphatic carboxylic acids is 1. The van der Waals surface area contributed by atoms with Gasteiger partial charge in [0, 0.05) is 11.1 Å². The second-order valence-corrected chi connectivity index (χ2v) is 4.55. The van der Waals surface area contributed by atoms with Gasteiger partial charge in [-0.3, -0.25) is 4.79 Å². The molecule has 3 nitrogen and oxygen atoms in total. The van der Waals surface area contributed by atoms with Crippen LogP contribution in [0.3, 0.4) is 0 Å². The fourth-order valence-electron chi connectivity index (χ4n) is 0.881. The van der Waals surface area contributed by atoms with E-state index < -0.39 is 5.97 Å². The maximum absolute atomic E-state index is 10.5. The molecule has 1 aromatic rings. The number of halogens is 1. The third kappa shape index (κ3) is 3.32. The largest absolute Gasteiger partial charge is 0.481 e. The summed E-state index contributed by atoms with van der Waals surface area (Å²) in [5.74, 6) is -1.06. The number of hydrogen-bond acceptors (Lipinski definition) is 3. The van der Waals surface area contributed by atoms with Crippen molar-refractivity contribution in [1.29, 1.82) is 0 Å². The van der Waals surface area contributed by atoms with Gasteiger partial charge in [0.1, 0.15) is 0 Å². The van der Waals surface area contributed by atoms with Crippen LogP contribution < -0.4 is 0 Å². The van der Waals surface area contributed by atoms with E-state index in [0.717, 1.165) is 11.3 Å². The third-order valence-corrected chi connectivity index (χ3v) is 2.95. The van der Waals surface area contributed by atoms with E-state index in [1.807, 2.05) is 0 Å². The summed E-state index contributed by atoms with van der Waals surface area (Å²) in [6.07, 6.45) is 3.06. The highest BCUT2D eigenvalue weighted by Crippen LogP contribution is 2.20. The molecule has 0 bridgehead atoms. The molecule has 1 rings (SSSR count). The van der Waals surface area contributed by atoms with Gasteiger partial charge in [-0.25, -0.2) is 4.98 Å². The minimum atomic E-state index is -0.754. The van der Waals surface area contributed by atoms with Crippen LogP contribution in [0.4, 0.5) is 0 Å². The summed E-state index contributed by atoms with van der Waals surface area (Å²) in [4.78, 5) is 15.4. The average molecular weight is 220 g/mol. The normalized spacial score (nSPS) is 12.8. The van der Waals surface area contributed by atoms with E-state index in [9.17, 15) is 4.79 Å².